The Labute approximate surface area is 138 Å². The summed E-state index contributed by atoms with van der Waals surface area (Å²) >= 11 is 0. The zero-order valence-corrected chi connectivity index (χ0v) is 14.7. The summed E-state index contributed by atoms with van der Waals surface area (Å²) in [5.41, 5.74) is 5.08. The van der Waals surface area contributed by atoms with Crippen LogP contribution in [0.15, 0.2) is 24.3 Å². The number of carbonyl (C=O) groups is 1. The summed E-state index contributed by atoms with van der Waals surface area (Å²) in [4.78, 5) is 10.5. The normalized spacial score (nSPS) is 11.7. The average Bonchev–Trinajstić information content (AvgIpc) is 2.50. The molecule has 0 aromatic rings. The van der Waals surface area contributed by atoms with E-state index < -0.39 is 0 Å². The maximum Gasteiger partial charge on any atom is 0.217 e. The molecule has 0 aromatic heterocycles. The Morgan fingerprint density at radius 3 is 1.55 bits per heavy atom. The molecule has 128 valence electrons. The number of amides is 1. The first-order valence-electron chi connectivity index (χ1n) is 9.35. The van der Waals surface area contributed by atoms with Crippen LogP contribution >= 0.6 is 0 Å². The van der Waals surface area contributed by atoms with Crippen LogP contribution in [0.2, 0.25) is 0 Å². The van der Waals surface area contributed by atoms with Gasteiger partial charge in [-0.15, -0.1) is 0 Å². The van der Waals surface area contributed by atoms with Gasteiger partial charge < -0.3 is 5.73 Å². The molecule has 0 spiro atoms. The highest BCUT2D eigenvalue weighted by molar-refractivity contribution is 5.73. The van der Waals surface area contributed by atoms with Crippen molar-refractivity contribution in [2.45, 2.75) is 96.8 Å². The van der Waals surface area contributed by atoms with E-state index in [4.69, 9.17) is 5.73 Å². The molecule has 0 heterocycles. The van der Waals surface area contributed by atoms with Crippen LogP contribution in [-0.4, -0.2) is 5.91 Å². The van der Waals surface area contributed by atoms with E-state index in [0.717, 1.165) is 12.8 Å². The third kappa shape index (κ3) is 18.9. The summed E-state index contributed by atoms with van der Waals surface area (Å²) in [6.07, 6.45) is 26.0. The SMILES string of the molecule is CCCCC/C=C/CCCCCCCC/C=C/CCC(N)=O. The highest BCUT2D eigenvalue weighted by atomic mass is 16.1. The highest BCUT2D eigenvalue weighted by Gasteiger charge is 1.91. The predicted molar refractivity (Wildman–Crippen MR) is 97.8 cm³/mol. The number of hydrogen-bond acceptors (Lipinski definition) is 1. The molecule has 0 bridgehead atoms. The van der Waals surface area contributed by atoms with Gasteiger partial charge >= 0.3 is 0 Å². The first kappa shape index (κ1) is 20.9. The van der Waals surface area contributed by atoms with Crippen molar-refractivity contribution < 1.29 is 4.79 Å². The van der Waals surface area contributed by atoms with Gasteiger partial charge in [-0.05, 0) is 44.9 Å². The molecular weight excluding hydrogens is 270 g/mol. The van der Waals surface area contributed by atoms with Crippen LogP contribution in [0.25, 0.3) is 0 Å². The molecule has 22 heavy (non-hydrogen) atoms. The molecule has 0 aliphatic carbocycles. The second kappa shape index (κ2) is 18.0. The summed E-state index contributed by atoms with van der Waals surface area (Å²) in [6, 6.07) is 0. The minimum Gasteiger partial charge on any atom is -0.370 e. The fourth-order valence-corrected chi connectivity index (χ4v) is 2.44. The van der Waals surface area contributed by atoms with E-state index in [0.29, 0.717) is 6.42 Å². The number of nitrogens with two attached hydrogens (primary N) is 1. The Balaban J connectivity index is 3.12. The first-order chi connectivity index (χ1) is 10.8. The Kier molecular flexibility index (Phi) is 17.1. The molecule has 0 unspecified atom stereocenters. The van der Waals surface area contributed by atoms with Crippen molar-refractivity contribution in [1.82, 2.24) is 0 Å². The van der Waals surface area contributed by atoms with E-state index in [1.165, 1.54) is 70.6 Å². The van der Waals surface area contributed by atoms with E-state index in [1.807, 2.05) is 0 Å². The maximum atomic E-state index is 10.5. The van der Waals surface area contributed by atoms with Crippen LogP contribution in [-0.2, 0) is 4.79 Å². The van der Waals surface area contributed by atoms with Crippen LogP contribution in [0.4, 0.5) is 0 Å². The topological polar surface area (TPSA) is 43.1 Å². The fourth-order valence-electron chi connectivity index (χ4n) is 2.44. The quantitative estimate of drug-likeness (QED) is 0.273. The lowest BCUT2D eigenvalue weighted by Crippen LogP contribution is -2.08. The largest absolute Gasteiger partial charge is 0.370 e. The lowest BCUT2D eigenvalue weighted by Gasteiger charge is -1.99. The van der Waals surface area contributed by atoms with Gasteiger partial charge in [0, 0.05) is 6.42 Å². The summed E-state index contributed by atoms with van der Waals surface area (Å²) in [7, 11) is 0. The number of rotatable bonds is 16. The third-order valence-electron chi connectivity index (χ3n) is 3.86. The summed E-state index contributed by atoms with van der Waals surface area (Å²) in [5, 5.41) is 0. The molecule has 0 fully saturated rings. The van der Waals surface area contributed by atoms with Crippen molar-refractivity contribution in [3.63, 3.8) is 0 Å². The molecule has 0 saturated carbocycles. The van der Waals surface area contributed by atoms with Crippen LogP contribution in [0.5, 0.6) is 0 Å². The lowest BCUT2D eigenvalue weighted by molar-refractivity contribution is -0.117. The van der Waals surface area contributed by atoms with Gasteiger partial charge in [-0.25, -0.2) is 0 Å². The van der Waals surface area contributed by atoms with Crippen molar-refractivity contribution in [2.75, 3.05) is 0 Å². The molecule has 0 saturated heterocycles. The molecule has 2 heteroatoms. The van der Waals surface area contributed by atoms with E-state index in [1.54, 1.807) is 0 Å². The van der Waals surface area contributed by atoms with Gasteiger partial charge in [0.15, 0.2) is 0 Å². The summed E-state index contributed by atoms with van der Waals surface area (Å²) in [5.74, 6) is -0.208. The summed E-state index contributed by atoms with van der Waals surface area (Å²) < 4.78 is 0. The number of primary amides is 1. The molecule has 2 N–H and O–H groups in total. The van der Waals surface area contributed by atoms with E-state index in [-0.39, 0.29) is 5.91 Å². The smallest absolute Gasteiger partial charge is 0.217 e. The Morgan fingerprint density at radius 2 is 1.09 bits per heavy atom. The maximum absolute atomic E-state index is 10.5. The molecule has 1 amide bonds. The highest BCUT2D eigenvalue weighted by Crippen LogP contribution is 2.10. The molecule has 0 aliphatic rings. The Hall–Kier alpha value is -1.05. The van der Waals surface area contributed by atoms with E-state index in [2.05, 4.69) is 31.2 Å². The van der Waals surface area contributed by atoms with Gasteiger partial charge in [-0.3, -0.25) is 4.79 Å². The molecule has 2 nitrogen and oxygen atoms in total. The van der Waals surface area contributed by atoms with Crippen LogP contribution in [0.1, 0.15) is 96.8 Å². The second-order valence-electron chi connectivity index (χ2n) is 6.14. The van der Waals surface area contributed by atoms with Crippen molar-refractivity contribution in [3.8, 4) is 0 Å². The molecular formula is C20H37NO. The zero-order valence-electron chi connectivity index (χ0n) is 14.7. The molecule has 0 aliphatic heterocycles. The van der Waals surface area contributed by atoms with Crippen molar-refractivity contribution in [1.29, 1.82) is 0 Å². The monoisotopic (exact) mass is 307 g/mol. The van der Waals surface area contributed by atoms with Gasteiger partial charge in [0.1, 0.15) is 0 Å². The third-order valence-corrected chi connectivity index (χ3v) is 3.86. The number of carbonyl (C=O) groups excluding carboxylic acids is 1. The van der Waals surface area contributed by atoms with Gasteiger partial charge in [-0.1, -0.05) is 69.8 Å². The molecule has 0 aromatic carbocycles. The minimum absolute atomic E-state index is 0.208. The Bertz CT molecular complexity index is 294. The lowest BCUT2D eigenvalue weighted by atomic mass is 10.1. The first-order valence-corrected chi connectivity index (χ1v) is 9.35. The van der Waals surface area contributed by atoms with Gasteiger partial charge in [0.2, 0.25) is 5.91 Å². The molecule has 0 radical (unpaired) electrons. The minimum atomic E-state index is -0.208. The van der Waals surface area contributed by atoms with Gasteiger partial charge in [0.25, 0.3) is 0 Å². The van der Waals surface area contributed by atoms with Crippen LogP contribution < -0.4 is 5.73 Å². The van der Waals surface area contributed by atoms with Gasteiger partial charge in [0.05, 0.1) is 0 Å². The molecule has 0 rings (SSSR count). The Morgan fingerprint density at radius 1 is 0.682 bits per heavy atom. The van der Waals surface area contributed by atoms with Crippen molar-refractivity contribution >= 4 is 5.91 Å². The van der Waals surface area contributed by atoms with E-state index >= 15 is 0 Å². The predicted octanol–water partition coefficient (Wildman–Crippen LogP) is 6.07. The standard InChI is InChI=1S/C20H37NO/c1-2-3-4-5-6-7-8-9-10-11-12-13-14-15-16-17-18-19-20(21)22/h6-7,16-17H,2-5,8-15,18-19H2,1H3,(H2,21,22)/b7-6+,17-16+. The average molecular weight is 308 g/mol. The van der Waals surface area contributed by atoms with Crippen molar-refractivity contribution in [3.05, 3.63) is 24.3 Å². The second-order valence-corrected chi connectivity index (χ2v) is 6.14. The number of unbranched alkanes of at least 4 members (excludes halogenated alkanes) is 10. The zero-order chi connectivity index (χ0) is 16.3. The molecule has 0 atom stereocenters. The van der Waals surface area contributed by atoms with Crippen LogP contribution in [0.3, 0.4) is 0 Å². The number of allylic oxidation sites excluding steroid dienone is 4. The fraction of sp³-hybridized carbons (Fsp3) is 0.750. The summed E-state index contributed by atoms with van der Waals surface area (Å²) in [6.45, 7) is 2.25. The van der Waals surface area contributed by atoms with Crippen molar-refractivity contribution in [2.24, 2.45) is 5.73 Å². The van der Waals surface area contributed by atoms with Crippen LogP contribution in [0, 0.1) is 0 Å². The number of hydrogen-bond donors (Lipinski definition) is 1. The van der Waals surface area contributed by atoms with E-state index in [9.17, 15) is 4.79 Å². The van der Waals surface area contributed by atoms with Gasteiger partial charge in [-0.2, -0.15) is 0 Å².